The molecule has 0 rings (SSSR count). The third-order valence-electron chi connectivity index (χ3n) is 3.80. The summed E-state index contributed by atoms with van der Waals surface area (Å²) in [4.78, 5) is 44.9. The molecule has 0 aliphatic rings. The van der Waals surface area contributed by atoms with E-state index in [4.69, 9.17) is 0 Å². The molecule has 0 fully saturated rings. The molecule has 0 saturated carbocycles. The van der Waals surface area contributed by atoms with Crippen molar-refractivity contribution in [1.82, 2.24) is 10.6 Å². The van der Waals surface area contributed by atoms with Gasteiger partial charge in [0.2, 0.25) is 0 Å². The maximum Gasteiger partial charge on any atom is 0.407 e. The van der Waals surface area contributed by atoms with Crippen LogP contribution in [0.4, 0.5) is 9.59 Å². The summed E-state index contributed by atoms with van der Waals surface area (Å²) in [5, 5.41) is 5.02. The van der Waals surface area contributed by atoms with Crippen molar-refractivity contribution < 1.29 is 28.7 Å². The highest BCUT2D eigenvalue weighted by Crippen LogP contribution is 2.09. The van der Waals surface area contributed by atoms with Crippen LogP contribution in [0.25, 0.3) is 0 Å². The van der Waals surface area contributed by atoms with Crippen LogP contribution >= 0.6 is 0 Å². The first-order valence-corrected chi connectivity index (χ1v) is 9.19. The van der Waals surface area contributed by atoms with Gasteiger partial charge in [-0.05, 0) is 12.3 Å². The van der Waals surface area contributed by atoms with Crippen molar-refractivity contribution in [2.75, 3.05) is 14.2 Å². The van der Waals surface area contributed by atoms with E-state index in [0.717, 1.165) is 0 Å². The van der Waals surface area contributed by atoms with Crippen LogP contribution < -0.4 is 10.6 Å². The predicted molar refractivity (Wildman–Crippen MR) is 103 cm³/mol. The first kappa shape index (κ1) is 27.1. The molecule has 2 N–H and O–H groups in total. The molecule has 0 saturated heterocycles. The number of carbonyl (C=O) groups is 4. The minimum Gasteiger partial charge on any atom is -0.453 e. The van der Waals surface area contributed by atoms with Gasteiger partial charge in [-0.15, -0.1) is 0 Å². The monoisotopic (exact) mass is 388 g/mol. The van der Waals surface area contributed by atoms with E-state index in [-0.39, 0.29) is 29.3 Å². The molecule has 0 aromatic carbocycles. The Morgan fingerprint density at radius 1 is 0.741 bits per heavy atom. The Bertz CT molecular complexity index is 489. The molecule has 2 amide bonds. The number of alkyl carbamates (subject to hydrolysis) is 2. The summed E-state index contributed by atoms with van der Waals surface area (Å²) in [5.41, 5.74) is 0. The normalized spacial score (nSPS) is 12.6. The molecule has 158 valence electrons. The zero-order chi connectivity index (χ0) is 21.7. The quantitative estimate of drug-likeness (QED) is 0.661. The van der Waals surface area contributed by atoms with Gasteiger partial charge in [-0.25, -0.2) is 9.59 Å². The second-order valence-electron chi connectivity index (χ2n) is 7.07. The van der Waals surface area contributed by atoms with Crippen molar-refractivity contribution in [2.45, 2.75) is 67.0 Å². The van der Waals surface area contributed by atoms with Gasteiger partial charge in [-0.3, -0.25) is 9.59 Å². The number of methoxy groups -OCH3 is 2. The molecule has 0 aromatic rings. The molecule has 0 spiro atoms. The molecule has 0 heterocycles. The van der Waals surface area contributed by atoms with Crippen molar-refractivity contribution in [2.24, 2.45) is 17.8 Å². The summed E-state index contributed by atoms with van der Waals surface area (Å²) in [6.07, 6.45) is -0.523. The molecule has 0 bridgehead atoms. The summed E-state index contributed by atoms with van der Waals surface area (Å²) in [5.74, 6) is -0.0102. The standard InChI is InChI=1S/C10H19NO3.C9H17NO3/c1-6(2)8(9(12)7(3)4)11-10(13)14-5;1-5-7(8(11)6(2)3)10-9(12)13-4/h6-8H,1-5H3,(H,11,13);6-7H,5H2,1-4H3,(H,10,12). The van der Waals surface area contributed by atoms with Gasteiger partial charge in [0.25, 0.3) is 0 Å². The molecule has 0 aromatic heterocycles. The fourth-order valence-electron chi connectivity index (χ4n) is 2.09. The maximum atomic E-state index is 11.7. The molecule has 2 unspecified atom stereocenters. The lowest BCUT2D eigenvalue weighted by Gasteiger charge is -2.21. The topological polar surface area (TPSA) is 111 Å². The van der Waals surface area contributed by atoms with Crippen molar-refractivity contribution >= 4 is 23.8 Å². The van der Waals surface area contributed by atoms with Gasteiger partial charge in [0.1, 0.15) is 0 Å². The first-order valence-electron chi connectivity index (χ1n) is 9.19. The van der Waals surface area contributed by atoms with E-state index in [1.165, 1.54) is 14.2 Å². The van der Waals surface area contributed by atoms with Crippen LogP contribution in [0.1, 0.15) is 54.9 Å². The molecular formula is C19H36N2O6. The van der Waals surface area contributed by atoms with E-state index in [1.807, 2.05) is 48.5 Å². The highest BCUT2D eigenvalue weighted by Gasteiger charge is 2.26. The van der Waals surface area contributed by atoms with Crippen LogP contribution in [0, 0.1) is 17.8 Å². The number of amides is 2. The lowest BCUT2D eigenvalue weighted by atomic mass is 9.93. The number of rotatable bonds is 8. The Labute approximate surface area is 162 Å². The van der Waals surface area contributed by atoms with Crippen LogP contribution in [0.3, 0.4) is 0 Å². The summed E-state index contributed by atoms with van der Waals surface area (Å²) < 4.78 is 8.87. The second kappa shape index (κ2) is 14.0. The minimum atomic E-state index is -0.558. The van der Waals surface area contributed by atoms with Crippen LogP contribution in [0.5, 0.6) is 0 Å². The van der Waals surface area contributed by atoms with Crippen molar-refractivity contribution in [3.8, 4) is 0 Å². The molecule has 8 heteroatoms. The number of ether oxygens (including phenoxy) is 2. The first-order chi connectivity index (χ1) is 12.4. The molecular weight excluding hydrogens is 352 g/mol. The smallest absolute Gasteiger partial charge is 0.407 e. The van der Waals surface area contributed by atoms with Gasteiger partial charge in [-0.1, -0.05) is 48.5 Å². The van der Waals surface area contributed by atoms with Gasteiger partial charge in [-0.2, -0.15) is 0 Å². The molecule has 0 aliphatic heterocycles. The zero-order valence-electron chi connectivity index (χ0n) is 18.0. The number of nitrogens with one attached hydrogen (secondary N) is 2. The fraction of sp³-hybridized carbons (Fsp3) is 0.789. The Morgan fingerprint density at radius 3 is 1.44 bits per heavy atom. The van der Waals surface area contributed by atoms with Crippen LogP contribution in [0.2, 0.25) is 0 Å². The van der Waals surface area contributed by atoms with Crippen molar-refractivity contribution in [3.63, 3.8) is 0 Å². The number of ketones is 2. The van der Waals surface area contributed by atoms with E-state index in [2.05, 4.69) is 20.1 Å². The van der Waals surface area contributed by atoms with E-state index >= 15 is 0 Å². The third-order valence-corrected chi connectivity index (χ3v) is 3.80. The van der Waals surface area contributed by atoms with E-state index in [1.54, 1.807) is 0 Å². The Morgan fingerprint density at radius 2 is 1.15 bits per heavy atom. The molecule has 0 radical (unpaired) electrons. The molecule has 27 heavy (non-hydrogen) atoms. The van der Waals surface area contributed by atoms with Crippen LogP contribution in [-0.2, 0) is 19.1 Å². The van der Waals surface area contributed by atoms with Gasteiger partial charge in [0.05, 0.1) is 26.3 Å². The average Bonchev–Trinajstić information content (AvgIpc) is 2.62. The van der Waals surface area contributed by atoms with E-state index in [0.29, 0.717) is 6.42 Å². The summed E-state index contributed by atoms with van der Waals surface area (Å²) in [6.45, 7) is 12.9. The Kier molecular flexibility index (Phi) is 14.1. The lowest BCUT2D eigenvalue weighted by Crippen LogP contribution is -2.46. The summed E-state index contributed by atoms with van der Waals surface area (Å²) >= 11 is 0. The Hall–Kier alpha value is -2.12. The minimum absolute atomic E-state index is 0.0328. The summed E-state index contributed by atoms with van der Waals surface area (Å²) in [6, 6.07) is -0.880. The number of hydrogen-bond donors (Lipinski definition) is 2. The maximum absolute atomic E-state index is 11.7. The molecule has 0 aliphatic carbocycles. The van der Waals surface area contributed by atoms with E-state index in [9.17, 15) is 19.2 Å². The predicted octanol–water partition coefficient (Wildman–Crippen LogP) is 2.94. The lowest BCUT2D eigenvalue weighted by molar-refractivity contribution is -0.125. The van der Waals surface area contributed by atoms with Crippen molar-refractivity contribution in [1.29, 1.82) is 0 Å². The fourth-order valence-corrected chi connectivity index (χ4v) is 2.09. The largest absolute Gasteiger partial charge is 0.453 e. The van der Waals surface area contributed by atoms with Crippen LogP contribution in [0.15, 0.2) is 0 Å². The SMILES string of the molecule is CCC(NC(=O)OC)C(=O)C(C)C.COC(=O)NC(C(=O)C(C)C)C(C)C. The van der Waals surface area contributed by atoms with Gasteiger partial charge in [0, 0.05) is 11.8 Å². The molecule has 8 nitrogen and oxygen atoms in total. The van der Waals surface area contributed by atoms with Gasteiger partial charge >= 0.3 is 12.2 Å². The van der Waals surface area contributed by atoms with Gasteiger partial charge < -0.3 is 20.1 Å². The van der Waals surface area contributed by atoms with E-state index < -0.39 is 24.3 Å². The zero-order valence-corrected chi connectivity index (χ0v) is 18.0. The highest BCUT2D eigenvalue weighted by molar-refractivity contribution is 5.89. The average molecular weight is 389 g/mol. The Balaban J connectivity index is 0. The molecule has 2 atom stereocenters. The number of Topliss-reactive ketones (excluding diaryl/α,β-unsaturated/α-hetero) is 2. The number of hydrogen-bond acceptors (Lipinski definition) is 6. The van der Waals surface area contributed by atoms with Gasteiger partial charge in [0.15, 0.2) is 11.6 Å². The third kappa shape index (κ3) is 11.2. The van der Waals surface area contributed by atoms with Crippen LogP contribution in [-0.4, -0.2) is 50.1 Å². The highest BCUT2D eigenvalue weighted by atomic mass is 16.5. The second-order valence-corrected chi connectivity index (χ2v) is 7.07. The number of carbonyl (C=O) groups excluding carboxylic acids is 4. The summed E-state index contributed by atoms with van der Waals surface area (Å²) in [7, 11) is 2.56. The van der Waals surface area contributed by atoms with Crippen molar-refractivity contribution in [3.05, 3.63) is 0 Å².